The van der Waals surface area contributed by atoms with Gasteiger partial charge in [0.2, 0.25) is 5.89 Å². The van der Waals surface area contributed by atoms with Crippen LogP contribution in [0.25, 0.3) is 0 Å². The molecule has 0 unspecified atom stereocenters. The lowest BCUT2D eigenvalue weighted by Gasteiger charge is -2.31. The summed E-state index contributed by atoms with van der Waals surface area (Å²) < 4.78 is 34.7. The number of alkyl halides is 2. The van der Waals surface area contributed by atoms with Crippen molar-refractivity contribution < 1.29 is 22.8 Å². The highest BCUT2D eigenvalue weighted by Crippen LogP contribution is 2.28. The molecule has 1 fully saturated rings. The normalized spacial score (nSPS) is 18.0. The molecular weight excluding hydrogens is 320 g/mol. The number of carbonyl (C=O) groups excluding carboxylic acids is 1. The number of hydrogen-bond acceptors (Lipinski definition) is 5. The van der Waals surface area contributed by atoms with Crippen LogP contribution in [0.2, 0.25) is 0 Å². The zero-order valence-electron chi connectivity index (χ0n) is 13.1. The maximum atomic E-state index is 12.7. The largest absolute Gasteiger partial charge is 0.434 e. The molecule has 1 aliphatic heterocycles. The number of aryl methyl sites for hydroxylation is 1. The molecule has 1 aliphatic rings. The van der Waals surface area contributed by atoms with E-state index in [1.54, 1.807) is 24.0 Å². The number of nitrogens with zero attached hydrogens (tertiary/aromatic N) is 3. The number of ether oxygens (including phenoxy) is 1. The summed E-state index contributed by atoms with van der Waals surface area (Å²) in [6, 6.07) is 6.02. The van der Waals surface area contributed by atoms with Gasteiger partial charge in [-0.2, -0.15) is 13.8 Å². The van der Waals surface area contributed by atoms with Crippen LogP contribution in [0.15, 0.2) is 28.8 Å². The first-order chi connectivity index (χ1) is 11.5. The molecule has 2 heterocycles. The van der Waals surface area contributed by atoms with E-state index < -0.39 is 6.61 Å². The second-order valence-corrected chi connectivity index (χ2v) is 5.64. The maximum absolute atomic E-state index is 12.7. The molecule has 128 valence electrons. The topological polar surface area (TPSA) is 68.5 Å². The van der Waals surface area contributed by atoms with Gasteiger partial charge in [0.05, 0.1) is 11.5 Å². The van der Waals surface area contributed by atoms with Crippen LogP contribution in [0, 0.1) is 6.92 Å². The quantitative estimate of drug-likeness (QED) is 0.858. The Balaban J connectivity index is 1.77. The van der Waals surface area contributed by atoms with Crippen LogP contribution in [-0.2, 0) is 0 Å². The van der Waals surface area contributed by atoms with E-state index in [-0.39, 0.29) is 23.1 Å². The Hall–Kier alpha value is -2.51. The van der Waals surface area contributed by atoms with Crippen molar-refractivity contribution >= 4 is 5.91 Å². The standard InChI is InChI=1S/C16H17F2N3O3/c1-10-19-14(24-20-10)11-5-4-8-21(9-11)15(22)12-6-2-3-7-13(12)23-16(17)18/h2-3,6-7,11,16H,4-5,8-9H2,1H3/t11-/m0/s1. The molecule has 1 saturated heterocycles. The summed E-state index contributed by atoms with van der Waals surface area (Å²) in [5, 5.41) is 3.77. The van der Waals surface area contributed by atoms with Gasteiger partial charge in [-0.1, -0.05) is 17.3 Å². The number of rotatable bonds is 4. The van der Waals surface area contributed by atoms with Crippen molar-refractivity contribution in [3.05, 3.63) is 41.5 Å². The van der Waals surface area contributed by atoms with Crippen molar-refractivity contribution in [2.24, 2.45) is 0 Å². The molecule has 24 heavy (non-hydrogen) atoms. The van der Waals surface area contributed by atoms with Gasteiger partial charge in [-0.15, -0.1) is 0 Å². The lowest BCUT2D eigenvalue weighted by atomic mass is 9.97. The Morgan fingerprint density at radius 2 is 2.21 bits per heavy atom. The third-order valence-electron chi connectivity index (χ3n) is 3.93. The van der Waals surface area contributed by atoms with Crippen LogP contribution in [0.1, 0.15) is 40.8 Å². The summed E-state index contributed by atoms with van der Waals surface area (Å²) in [6.07, 6.45) is 1.61. The maximum Gasteiger partial charge on any atom is 0.387 e. The molecule has 1 atom stereocenters. The molecule has 8 heteroatoms. The number of likely N-dealkylation sites (tertiary alicyclic amines) is 1. The summed E-state index contributed by atoms with van der Waals surface area (Å²) in [6.45, 7) is -0.291. The monoisotopic (exact) mass is 337 g/mol. The summed E-state index contributed by atoms with van der Waals surface area (Å²) >= 11 is 0. The predicted octanol–water partition coefficient (Wildman–Crippen LogP) is 3.00. The van der Waals surface area contributed by atoms with Crippen LogP contribution < -0.4 is 4.74 Å². The summed E-state index contributed by atoms with van der Waals surface area (Å²) in [7, 11) is 0. The number of amides is 1. The number of carbonyl (C=O) groups is 1. The van der Waals surface area contributed by atoms with E-state index in [0.717, 1.165) is 12.8 Å². The smallest absolute Gasteiger partial charge is 0.387 e. The molecule has 0 N–H and O–H groups in total. The Bertz CT molecular complexity index is 720. The first-order valence-corrected chi connectivity index (χ1v) is 7.68. The first kappa shape index (κ1) is 16.4. The Morgan fingerprint density at radius 3 is 2.92 bits per heavy atom. The third kappa shape index (κ3) is 3.52. The van der Waals surface area contributed by atoms with Crippen LogP contribution in [-0.4, -0.2) is 40.6 Å². The minimum absolute atomic E-state index is 0.0490. The predicted molar refractivity (Wildman–Crippen MR) is 80.0 cm³/mol. The average molecular weight is 337 g/mol. The number of halogens is 2. The molecular formula is C16H17F2N3O3. The second kappa shape index (κ2) is 6.94. The van der Waals surface area contributed by atoms with Gasteiger partial charge in [-0.3, -0.25) is 4.79 Å². The molecule has 0 aliphatic carbocycles. The van der Waals surface area contributed by atoms with E-state index in [4.69, 9.17) is 4.52 Å². The summed E-state index contributed by atoms with van der Waals surface area (Å²) in [4.78, 5) is 18.5. The van der Waals surface area contributed by atoms with Gasteiger partial charge in [0.1, 0.15) is 5.75 Å². The number of hydrogen-bond donors (Lipinski definition) is 0. The molecule has 2 aromatic rings. The fourth-order valence-electron chi connectivity index (χ4n) is 2.85. The van der Waals surface area contributed by atoms with Crippen molar-refractivity contribution in [1.29, 1.82) is 0 Å². The molecule has 0 bridgehead atoms. The Morgan fingerprint density at radius 1 is 1.42 bits per heavy atom. The van der Waals surface area contributed by atoms with Crippen LogP contribution >= 0.6 is 0 Å². The van der Waals surface area contributed by atoms with Crippen molar-refractivity contribution in [2.45, 2.75) is 32.3 Å². The molecule has 1 amide bonds. The van der Waals surface area contributed by atoms with Gasteiger partial charge >= 0.3 is 6.61 Å². The summed E-state index contributed by atoms with van der Waals surface area (Å²) in [5.41, 5.74) is 0.125. The van der Waals surface area contributed by atoms with Crippen LogP contribution in [0.5, 0.6) is 5.75 Å². The molecule has 6 nitrogen and oxygen atoms in total. The van der Waals surface area contributed by atoms with Gasteiger partial charge in [0.15, 0.2) is 5.82 Å². The highest BCUT2D eigenvalue weighted by Gasteiger charge is 2.30. The van der Waals surface area contributed by atoms with E-state index in [1.807, 2.05) is 0 Å². The SMILES string of the molecule is Cc1noc([C@H]2CCCN(C(=O)c3ccccc3OC(F)F)C2)n1. The van der Waals surface area contributed by atoms with E-state index in [0.29, 0.717) is 24.8 Å². The second-order valence-electron chi connectivity index (χ2n) is 5.64. The minimum Gasteiger partial charge on any atom is -0.434 e. The van der Waals surface area contributed by atoms with Gasteiger partial charge < -0.3 is 14.2 Å². The lowest BCUT2D eigenvalue weighted by molar-refractivity contribution is -0.0503. The molecule has 1 aromatic carbocycles. The van der Waals surface area contributed by atoms with Crippen molar-refractivity contribution in [2.75, 3.05) is 13.1 Å². The van der Waals surface area contributed by atoms with Gasteiger partial charge in [0, 0.05) is 13.1 Å². The zero-order valence-corrected chi connectivity index (χ0v) is 13.1. The lowest BCUT2D eigenvalue weighted by Crippen LogP contribution is -2.39. The molecule has 1 aromatic heterocycles. The van der Waals surface area contributed by atoms with E-state index in [1.165, 1.54) is 12.1 Å². The Labute approximate surface area is 137 Å². The number of benzene rings is 1. The highest BCUT2D eigenvalue weighted by atomic mass is 19.3. The highest BCUT2D eigenvalue weighted by molar-refractivity contribution is 5.97. The van der Waals surface area contributed by atoms with E-state index in [2.05, 4.69) is 14.9 Å². The van der Waals surface area contributed by atoms with Gasteiger partial charge in [-0.05, 0) is 31.9 Å². The number of para-hydroxylation sites is 1. The van der Waals surface area contributed by atoms with E-state index in [9.17, 15) is 13.6 Å². The zero-order chi connectivity index (χ0) is 17.1. The fraction of sp³-hybridized carbons (Fsp3) is 0.438. The van der Waals surface area contributed by atoms with E-state index >= 15 is 0 Å². The molecule has 0 saturated carbocycles. The first-order valence-electron chi connectivity index (χ1n) is 7.68. The number of aromatic nitrogens is 2. The van der Waals surface area contributed by atoms with Crippen molar-refractivity contribution in [1.82, 2.24) is 15.0 Å². The van der Waals surface area contributed by atoms with Gasteiger partial charge in [-0.25, -0.2) is 0 Å². The molecule has 3 rings (SSSR count). The minimum atomic E-state index is -2.98. The van der Waals surface area contributed by atoms with Crippen molar-refractivity contribution in [3.63, 3.8) is 0 Å². The fourth-order valence-corrected chi connectivity index (χ4v) is 2.85. The van der Waals surface area contributed by atoms with Crippen molar-refractivity contribution in [3.8, 4) is 5.75 Å². The van der Waals surface area contributed by atoms with Crippen LogP contribution in [0.3, 0.4) is 0 Å². The third-order valence-corrected chi connectivity index (χ3v) is 3.93. The van der Waals surface area contributed by atoms with Crippen LogP contribution in [0.4, 0.5) is 8.78 Å². The Kier molecular flexibility index (Phi) is 4.73. The molecule has 0 radical (unpaired) electrons. The summed E-state index contributed by atoms with van der Waals surface area (Å²) in [5.74, 6) is 0.541. The number of piperidine rings is 1. The van der Waals surface area contributed by atoms with Gasteiger partial charge in [0.25, 0.3) is 5.91 Å². The average Bonchev–Trinajstić information content (AvgIpc) is 3.01. The molecule has 0 spiro atoms.